The third-order valence-corrected chi connectivity index (χ3v) is 5.70. The molecule has 2 rings (SSSR count). The maximum atomic E-state index is 11.3. The molecule has 0 bridgehead atoms. The van der Waals surface area contributed by atoms with Crippen molar-refractivity contribution in [2.45, 2.75) is 91.0 Å². The minimum atomic E-state index is -0.923. The number of carboxylic acids is 1. The summed E-state index contributed by atoms with van der Waals surface area (Å²) in [6.45, 7) is 12.1. The van der Waals surface area contributed by atoms with Crippen molar-refractivity contribution in [3.05, 3.63) is 59.2 Å². The number of hydrogen-bond donors (Lipinski definition) is 1. The molecule has 31 heavy (non-hydrogen) atoms. The first-order chi connectivity index (χ1) is 14.6. The van der Waals surface area contributed by atoms with E-state index in [2.05, 4.69) is 58.9 Å². The van der Waals surface area contributed by atoms with Crippen LogP contribution in [0.25, 0.3) is 0 Å². The SMILES string of the molecule is CC(C)CCCCCCOC1(OCc2ccc(C(C)(C)C)cc2)C=CC(C(=O)O)=CC1. The van der Waals surface area contributed by atoms with Crippen molar-refractivity contribution >= 4 is 5.97 Å². The molecule has 1 N–H and O–H groups in total. The minimum absolute atomic E-state index is 0.114. The highest BCUT2D eigenvalue weighted by Crippen LogP contribution is 2.29. The third-order valence-electron chi connectivity index (χ3n) is 5.70. The van der Waals surface area contributed by atoms with Crippen LogP contribution in [0, 0.1) is 5.92 Å². The first-order valence-corrected chi connectivity index (χ1v) is 11.6. The summed E-state index contributed by atoms with van der Waals surface area (Å²) >= 11 is 0. The van der Waals surface area contributed by atoms with Gasteiger partial charge in [0, 0.05) is 6.42 Å². The summed E-state index contributed by atoms with van der Waals surface area (Å²) in [5.74, 6) is -1.07. The van der Waals surface area contributed by atoms with E-state index in [1.165, 1.54) is 24.8 Å². The second-order valence-electron chi connectivity index (χ2n) is 9.99. The molecule has 1 atom stereocenters. The number of aliphatic carboxylic acids is 1. The number of benzene rings is 1. The summed E-state index contributed by atoms with van der Waals surface area (Å²) in [7, 11) is 0. The highest BCUT2D eigenvalue weighted by atomic mass is 16.7. The normalized spacial score (nSPS) is 19.0. The molecule has 1 aromatic rings. The second-order valence-corrected chi connectivity index (χ2v) is 9.99. The molecule has 1 aliphatic carbocycles. The van der Waals surface area contributed by atoms with Crippen molar-refractivity contribution in [2.24, 2.45) is 5.92 Å². The Morgan fingerprint density at radius 1 is 1.06 bits per heavy atom. The quantitative estimate of drug-likeness (QED) is 0.294. The van der Waals surface area contributed by atoms with E-state index in [1.54, 1.807) is 18.2 Å². The fraction of sp³-hybridized carbons (Fsp3) is 0.593. The molecule has 0 heterocycles. The average molecular weight is 429 g/mol. The molecular weight excluding hydrogens is 388 g/mol. The van der Waals surface area contributed by atoms with Gasteiger partial charge in [-0.05, 0) is 41.0 Å². The van der Waals surface area contributed by atoms with Gasteiger partial charge in [-0.3, -0.25) is 0 Å². The number of ether oxygens (including phenoxy) is 2. The number of hydrogen-bond acceptors (Lipinski definition) is 3. The minimum Gasteiger partial charge on any atom is -0.478 e. The van der Waals surface area contributed by atoms with Crippen LogP contribution in [0.1, 0.15) is 84.3 Å². The van der Waals surface area contributed by atoms with E-state index in [4.69, 9.17) is 9.47 Å². The van der Waals surface area contributed by atoms with Gasteiger partial charge < -0.3 is 14.6 Å². The maximum Gasteiger partial charge on any atom is 0.335 e. The summed E-state index contributed by atoms with van der Waals surface area (Å²) in [5, 5.41) is 9.24. The van der Waals surface area contributed by atoms with Crippen LogP contribution in [0.3, 0.4) is 0 Å². The molecule has 0 aliphatic heterocycles. The number of unbranched alkanes of at least 4 members (excludes halogenated alkanes) is 3. The molecule has 4 nitrogen and oxygen atoms in total. The Morgan fingerprint density at radius 2 is 1.74 bits per heavy atom. The molecule has 0 radical (unpaired) electrons. The van der Waals surface area contributed by atoms with Gasteiger partial charge in [0.2, 0.25) is 0 Å². The molecule has 0 aromatic heterocycles. The lowest BCUT2D eigenvalue weighted by Gasteiger charge is -2.32. The Labute approximate surface area is 188 Å². The molecule has 1 aliphatic rings. The third kappa shape index (κ3) is 8.62. The van der Waals surface area contributed by atoms with E-state index in [0.29, 0.717) is 19.6 Å². The Bertz CT molecular complexity index is 752. The Kier molecular flexibility index (Phi) is 9.52. The van der Waals surface area contributed by atoms with Crippen molar-refractivity contribution in [3.8, 4) is 0 Å². The van der Waals surface area contributed by atoms with E-state index in [-0.39, 0.29) is 11.0 Å². The summed E-state index contributed by atoms with van der Waals surface area (Å²) in [6, 6.07) is 8.47. The first-order valence-electron chi connectivity index (χ1n) is 11.6. The topological polar surface area (TPSA) is 55.8 Å². The lowest BCUT2D eigenvalue weighted by Crippen LogP contribution is -2.35. The van der Waals surface area contributed by atoms with Gasteiger partial charge in [-0.15, -0.1) is 0 Å². The van der Waals surface area contributed by atoms with Crippen molar-refractivity contribution < 1.29 is 19.4 Å². The predicted octanol–water partition coefficient (Wildman–Crippen LogP) is 6.79. The summed E-state index contributed by atoms with van der Waals surface area (Å²) in [5.41, 5.74) is 2.76. The average Bonchev–Trinajstić information content (AvgIpc) is 2.71. The highest BCUT2D eigenvalue weighted by molar-refractivity contribution is 5.90. The smallest absolute Gasteiger partial charge is 0.335 e. The van der Waals surface area contributed by atoms with Crippen molar-refractivity contribution in [1.29, 1.82) is 0 Å². The lowest BCUT2D eigenvalue weighted by molar-refractivity contribution is -0.210. The highest BCUT2D eigenvalue weighted by Gasteiger charge is 2.31. The van der Waals surface area contributed by atoms with E-state index in [9.17, 15) is 9.90 Å². The van der Waals surface area contributed by atoms with Crippen LogP contribution < -0.4 is 0 Å². The van der Waals surface area contributed by atoms with Crippen molar-refractivity contribution in [1.82, 2.24) is 0 Å². The first kappa shape index (κ1) is 25.4. The zero-order valence-electron chi connectivity index (χ0n) is 19.9. The summed E-state index contributed by atoms with van der Waals surface area (Å²) in [6.07, 6.45) is 11.3. The number of carboxylic acid groups (broad SMARTS) is 1. The molecular formula is C27H40O4. The van der Waals surface area contributed by atoms with Gasteiger partial charge in [0.25, 0.3) is 0 Å². The van der Waals surface area contributed by atoms with Crippen LogP contribution in [-0.2, 0) is 26.3 Å². The van der Waals surface area contributed by atoms with E-state index in [0.717, 1.165) is 24.3 Å². The predicted molar refractivity (Wildman–Crippen MR) is 126 cm³/mol. The monoisotopic (exact) mass is 428 g/mol. The van der Waals surface area contributed by atoms with Gasteiger partial charge in [0.1, 0.15) is 0 Å². The van der Waals surface area contributed by atoms with Crippen LogP contribution in [-0.4, -0.2) is 23.5 Å². The lowest BCUT2D eigenvalue weighted by atomic mass is 9.87. The van der Waals surface area contributed by atoms with Crippen LogP contribution in [0.5, 0.6) is 0 Å². The van der Waals surface area contributed by atoms with E-state index < -0.39 is 11.8 Å². The van der Waals surface area contributed by atoms with Crippen LogP contribution >= 0.6 is 0 Å². The van der Waals surface area contributed by atoms with Gasteiger partial charge in [-0.1, -0.05) is 90.6 Å². The summed E-state index contributed by atoms with van der Waals surface area (Å²) < 4.78 is 12.4. The van der Waals surface area contributed by atoms with Crippen molar-refractivity contribution in [2.75, 3.05) is 6.61 Å². The molecule has 172 valence electrons. The molecule has 1 unspecified atom stereocenters. The molecule has 0 fully saturated rings. The van der Waals surface area contributed by atoms with Gasteiger partial charge in [-0.2, -0.15) is 0 Å². The van der Waals surface area contributed by atoms with Crippen LogP contribution in [0.2, 0.25) is 0 Å². The molecule has 0 amide bonds. The molecule has 0 saturated heterocycles. The second kappa shape index (κ2) is 11.6. The van der Waals surface area contributed by atoms with Crippen LogP contribution in [0.15, 0.2) is 48.1 Å². The number of carbonyl (C=O) groups is 1. The Morgan fingerprint density at radius 3 is 2.29 bits per heavy atom. The fourth-order valence-electron chi connectivity index (χ4n) is 3.58. The Hall–Kier alpha value is -1.91. The van der Waals surface area contributed by atoms with Gasteiger partial charge in [-0.25, -0.2) is 4.79 Å². The Balaban J connectivity index is 1.93. The zero-order chi connectivity index (χ0) is 22.9. The molecule has 4 heteroatoms. The fourth-order valence-corrected chi connectivity index (χ4v) is 3.58. The molecule has 1 aromatic carbocycles. The van der Waals surface area contributed by atoms with Gasteiger partial charge >= 0.3 is 5.97 Å². The number of rotatable bonds is 12. The van der Waals surface area contributed by atoms with E-state index >= 15 is 0 Å². The maximum absolute atomic E-state index is 11.3. The van der Waals surface area contributed by atoms with Crippen LogP contribution in [0.4, 0.5) is 0 Å². The van der Waals surface area contributed by atoms with E-state index in [1.807, 2.05) is 0 Å². The van der Waals surface area contributed by atoms with Gasteiger partial charge in [0.05, 0.1) is 18.8 Å². The van der Waals surface area contributed by atoms with Crippen molar-refractivity contribution in [3.63, 3.8) is 0 Å². The molecule has 0 spiro atoms. The van der Waals surface area contributed by atoms with Gasteiger partial charge in [0.15, 0.2) is 5.79 Å². The molecule has 0 saturated carbocycles. The standard InChI is InChI=1S/C27H40O4/c1-21(2)10-8-6-7-9-19-30-27(17-15-23(16-18-27)25(28)29)31-20-22-11-13-24(14-12-22)26(3,4)5/h11-17,21H,6-10,18-20H2,1-5H3,(H,28,29). The largest absolute Gasteiger partial charge is 0.478 e. The zero-order valence-corrected chi connectivity index (χ0v) is 19.9. The summed E-state index contributed by atoms with van der Waals surface area (Å²) in [4.78, 5) is 11.3.